The largest absolute Gasteiger partial charge is 0.381 e. The summed E-state index contributed by atoms with van der Waals surface area (Å²) in [5.41, 5.74) is 0.825. The zero-order valence-electron chi connectivity index (χ0n) is 8.79. The smallest absolute Gasteiger partial charge is 0.165 e. The van der Waals surface area contributed by atoms with Crippen molar-refractivity contribution in [3.8, 4) is 0 Å². The number of ether oxygens (including phenoxy) is 1. The van der Waals surface area contributed by atoms with E-state index in [9.17, 15) is 4.39 Å². The van der Waals surface area contributed by atoms with E-state index in [2.05, 4.69) is 10.3 Å². The van der Waals surface area contributed by atoms with Gasteiger partial charge in [-0.3, -0.25) is 0 Å². The molecule has 1 aliphatic heterocycles. The van der Waals surface area contributed by atoms with E-state index in [1.807, 2.05) is 6.92 Å². The normalized spacial score (nSPS) is 17.7. The van der Waals surface area contributed by atoms with Crippen LogP contribution in [-0.2, 0) is 4.74 Å². The minimum atomic E-state index is -0.285. The summed E-state index contributed by atoms with van der Waals surface area (Å²) < 4.78 is 18.6. The van der Waals surface area contributed by atoms with Gasteiger partial charge < -0.3 is 10.1 Å². The van der Waals surface area contributed by atoms with Crippen LogP contribution in [0, 0.1) is 12.7 Å². The average Bonchev–Trinajstić information content (AvgIpc) is 2.25. The van der Waals surface area contributed by atoms with Crippen LogP contribution < -0.4 is 5.32 Å². The van der Waals surface area contributed by atoms with E-state index in [1.54, 1.807) is 6.07 Å². The first-order valence-electron chi connectivity index (χ1n) is 5.23. The molecule has 0 spiro atoms. The van der Waals surface area contributed by atoms with Crippen molar-refractivity contribution in [1.29, 1.82) is 0 Å². The molecule has 1 aromatic rings. The van der Waals surface area contributed by atoms with Crippen molar-refractivity contribution < 1.29 is 9.13 Å². The van der Waals surface area contributed by atoms with Gasteiger partial charge in [0.25, 0.3) is 0 Å². The number of halogens is 1. The molecule has 3 nitrogen and oxygen atoms in total. The Morgan fingerprint density at radius 1 is 1.40 bits per heavy atom. The number of anilines is 1. The van der Waals surface area contributed by atoms with Crippen molar-refractivity contribution in [2.75, 3.05) is 18.5 Å². The molecule has 0 atom stereocenters. The molecule has 0 amide bonds. The summed E-state index contributed by atoms with van der Waals surface area (Å²) in [7, 11) is 0. The minimum absolute atomic E-state index is 0.280. The van der Waals surface area contributed by atoms with Crippen LogP contribution in [0.5, 0.6) is 0 Å². The Labute approximate surface area is 88.7 Å². The summed E-state index contributed by atoms with van der Waals surface area (Å²) in [6.45, 7) is 3.34. The molecule has 1 saturated heterocycles. The lowest BCUT2D eigenvalue weighted by molar-refractivity contribution is 0.0903. The molecule has 0 saturated carbocycles. The summed E-state index contributed by atoms with van der Waals surface area (Å²) in [6.07, 6.45) is 1.82. The number of hydrogen-bond donors (Lipinski definition) is 1. The van der Waals surface area contributed by atoms with Crippen LogP contribution in [0.15, 0.2) is 12.1 Å². The Morgan fingerprint density at radius 3 is 2.87 bits per heavy atom. The molecule has 2 heterocycles. The zero-order chi connectivity index (χ0) is 10.7. The number of nitrogens with zero attached hydrogens (tertiary/aromatic N) is 1. The third kappa shape index (κ3) is 2.65. The summed E-state index contributed by atoms with van der Waals surface area (Å²) in [5, 5.41) is 3.12. The minimum Gasteiger partial charge on any atom is -0.381 e. The van der Waals surface area contributed by atoms with Crippen LogP contribution in [0.3, 0.4) is 0 Å². The predicted octanol–water partition coefficient (Wildman–Crippen LogP) is 2.12. The van der Waals surface area contributed by atoms with Gasteiger partial charge in [-0.05, 0) is 31.9 Å². The second-order valence-corrected chi connectivity index (χ2v) is 3.81. The maximum absolute atomic E-state index is 13.4. The number of rotatable bonds is 2. The predicted molar refractivity (Wildman–Crippen MR) is 56.4 cm³/mol. The van der Waals surface area contributed by atoms with E-state index in [-0.39, 0.29) is 11.9 Å². The van der Waals surface area contributed by atoms with Gasteiger partial charge in [-0.15, -0.1) is 0 Å². The number of aromatic nitrogens is 1. The van der Waals surface area contributed by atoms with Crippen molar-refractivity contribution in [3.63, 3.8) is 0 Å². The van der Waals surface area contributed by atoms with Crippen LogP contribution in [0.2, 0.25) is 0 Å². The highest BCUT2D eigenvalue weighted by Gasteiger charge is 2.15. The number of nitrogens with one attached hydrogen (secondary N) is 1. The molecule has 0 aromatic carbocycles. The molecule has 4 heteroatoms. The highest BCUT2D eigenvalue weighted by Crippen LogP contribution is 2.16. The van der Waals surface area contributed by atoms with Crippen LogP contribution in [0.4, 0.5) is 10.2 Å². The van der Waals surface area contributed by atoms with E-state index in [1.165, 1.54) is 6.07 Å². The van der Waals surface area contributed by atoms with E-state index in [0.29, 0.717) is 5.82 Å². The molecule has 0 unspecified atom stereocenters. The molecular formula is C11H15FN2O. The Balaban J connectivity index is 2.05. The zero-order valence-corrected chi connectivity index (χ0v) is 8.79. The van der Waals surface area contributed by atoms with Gasteiger partial charge in [0, 0.05) is 24.9 Å². The van der Waals surface area contributed by atoms with E-state index < -0.39 is 0 Å². The highest BCUT2D eigenvalue weighted by molar-refractivity contribution is 5.38. The molecule has 2 rings (SSSR count). The molecule has 1 fully saturated rings. The topological polar surface area (TPSA) is 34.1 Å². The lowest BCUT2D eigenvalue weighted by Gasteiger charge is -2.23. The quantitative estimate of drug-likeness (QED) is 0.811. The van der Waals surface area contributed by atoms with Crippen LogP contribution >= 0.6 is 0 Å². The maximum Gasteiger partial charge on any atom is 0.165 e. The Bertz CT molecular complexity index is 337. The fourth-order valence-corrected chi connectivity index (χ4v) is 1.68. The van der Waals surface area contributed by atoms with Gasteiger partial charge in [-0.2, -0.15) is 0 Å². The molecular weight excluding hydrogens is 195 g/mol. The molecule has 1 aromatic heterocycles. The number of hydrogen-bond acceptors (Lipinski definition) is 3. The second kappa shape index (κ2) is 4.57. The summed E-state index contributed by atoms with van der Waals surface area (Å²) in [6, 6.07) is 3.40. The van der Waals surface area contributed by atoms with E-state index in [0.717, 1.165) is 31.7 Å². The first-order valence-corrected chi connectivity index (χ1v) is 5.23. The standard InChI is InChI=1S/C11H15FN2O/c1-8-2-3-10(12)11(13-8)14-9-4-6-15-7-5-9/h2-3,9H,4-7H2,1H3,(H,13,14). The Hall–Kier alpha value is -1.16. The molecule has 0 radical (unpaired) electrons. The van der Waals surface area contributed by atoms with Crippen molar-refractivity contribution >= 4 is 5.82 Å². The third-order valence-corrected chi connectivity index (χ3v) is 2.55. The first kappa shape index (κ1) is 10.4. The summed E-state index contributed by atoms with van der Waals surface area (Å²) >= 11 is 0. The number of pyridine rings is 1. The van der Waals surface area contributed by atoms with Gasteiger partial charge in [-0.25, -0.2) is 9.37 Å². The molecule has 0 aliphatic carbocycles. The second-order valence-electron chi connectivity index (χ2n) is 3.81. The van der Waals surface area contributed by atoms with Gasteiger partial charge in [0.05, 0.1) is 0 Å². The fourth-order valence-electron chi connectivity index (χ4n) is 1.68. The fraction of sp³-hybridized carbons (Fsp3) is 0.545. The van der Waals surface area contributed by atoms with Crippen LogP contribution in [0.1, 0.15) is 18.5 Å². The van der Waals surface area contributed by atoms with Gasteiger partial charge in [-0.1, -0.05) is 0 Å². The first-order chi connectivity index (χ1) is 7.25. The number of aryl methyl sites for hydroxylation is 1. The van der Waals surface area contributed by atoms with E-state index in [4.69, 9.17) is 4.74 Å². The summed E-state index contributed by atoms with van der Waals surface area (Å²) in [4.78, 5) is 4.14. The SMILES string of the molecule is Cc1ccc(F)c(NC2CCOCC2)n1. The van der Waals surface area contributed by atoms with Gasteiger partial charge in [0.1, 0.15) is 0 Å². The molecule has 15 heavy (non-hydrogen) atoms. The van der Waals surface area contributed by atoms with Crippen molar-refractivity contribution in [2.45, 2.75) is 25.8 Å². The van der Waals surface area contributed by atoms with Crippen LogP contribution in [-0.4, -0.2) is 24.2 Å². The van der Waals surface area contributed by atoms with Gasteiger partial charge >= 0.3 is 0 Å². The summed E-state index contributed by atoms with van der Waals surface area (Å²) in [5.74, 6) is 0.0778. The third-order valence-electron chi connectivity index (χ3n) is 2.55. The monoisotopic (exact) mass is 210 g/mol. The Kier molecular flexibility index (Phi) is 3.16. The molecule has 82 valence electrons. The molecule has 0 bridgehead atoms. The average molecular weight is 210 g/mol. The van der Waals surface area contributed by atoms with E-state index >= 15 is 0 Å². The Morgan fingerprint density at radius 2 is 2.13 bits per heavy atom. The maximum atomic E-state index is 13.4. The molecule has 1 aliphatic rings. The highest BCUT2D eigenvalue weighted by atomic mass is 19.1. The van der Waals surface area contributed by atoms with Gasteiger partial charge in [0.15, 0.2) is 11.6 Å². The van der Waals surface area contributed by atoms with Crippen molar-refractivity contribution in [1.82, 2.24) is 4.98 Å². The molecule has 1 N–H and O–H groups in total. The lowest BCUT2D eigenvalue weighted by Crippen LogP contribution is -2.28. The van der Waals surface area contributed by atoms with Gasteiger partial charge in [0.2, 0.25) is 0 Å². The van der Waals surface area contributed by atoms with Crippen molar-refractivity contribution in [2.24, 2.45) is 0 Å². The van der Waals surface area contributed by atoms with Crippen molar-refractivity contribution in [3.05, 3.63) is 23.6 Å². The van der Waals surface area contributed by atoms with Crippen LogP contribution in [0.25, 0.3) is 0 Å². The lowest BCUT2D eigenvalue weighted by atomic mass is 10.1.